The molecule has 2 rings (SSSR count). The maximum absolute atomic E-state index is 11.9. The van der Waals surface area contributed by atoms with Crippen LogP contribution in [0.2, 0.25) is 0 Å². The second kappa shape index (κ2) is 6.69. The van der Waals surface area contributed by atoms with Gasteiger partial charge in [0.25, 0.3) is 0 Å². The highest BCUT2D eigenvalue weighted by Gasteiger charge is 2.04. The molecule has 19 heavy (non-hydrogen) atoms. The van der Waals surface area contributed by atoms with Crippen LogP contribution in [0.15, 0.2) is 48.8 Å². The van der Waals surface area contributed by atoms with Crippen LogP contribution in [-0.2, 0) is 17.6 Å². The van der Waals surface area contributed by atoms with Gasteiger partial charge in [-0.3, -0.25) is 9.78 Å². The number of Topliss-reactive ketones (excluding diaryl/α,β-unsaturated/α-hetero) is 1. The summed E-state index contributed by atoms with van der Waals surface area (Å²) in [6, 6.07) is 11.6. The van der Waals surface area contributed by atoms with Crippen molar-refractivity contribution >= 4 is 5.78 Å². The van der Waals surface area contributed by atoms with E-state index in [-0.39, 0.29) is 5.78 Å². The van der Waals surface area contributed by atoms with Crippen molar-refractivity contribution in [2.45, 2.75) is 19.3 Å². The molecule has 1 aromatic carbocycles. The summed E-state index contributed by atoms with van der Waals surface area (Å²) in [5.41, 5.74) is 2.18. The Bertz CT molecular complexity index is 520. The monoisotopic (exact) mass is 255 g/mol. The topological polar surface area (TPSA) is 39.2 Å². The summed E-state index contributed by atoms with van der Waals surface area (Å²) in [5, 5.41) is 0. The standard InChI is InChI=1S/C16H17NO2/c1-19-16-6-3-13(4-7-16)2-5-15(18)12-14-8-10-17-11-9-14/h3-4,6-11H,2,5,12H2,1H3. The molecule has 3 nitrogen and oxygen atoms in total. The average Bonchev–Trinajstić information content (AvgIpc) is 2.47. The average molecular weight is 255 g/mol. The van der Waals surface area contributed by atoms with E-state index in [4.69, 9.17) is 4.74 Å². The lowest BCUT2D eigenvalue weighted by atomic mass is 10.0. The lowest BCUT2D eigenvalue weighted by molar-refractivity contribution is -0.118. The van der Waals surface area contributed by atoms with E-state index in [1.54, 1.807) is 19.5 Å². The molecule has 0 bridgehead atoms. The minimum atomic E-state index is 0.252. The number of hydrogen-bond donors (Lipinski definition) is 0. The number of benzene rings is 1. The largest absolute Gasteiger partial charge is 0.497 e. The van der Waals surface area contributed by atoms with Crippen molar-refractivity contribution in [2.24, 2.45) is 0 Å². The molecule has 98 valence electrons. The summed E-state index contributed by atoms with van der Waals surface area (Å²) in [6.07, 6.45) is 5.25. The SMILES string of the molecule is COc1ccc(CCC(=O)Cc2ccncc2)cc1. The van der Waals surface area contributed by atoms with Gasteiger partial charge in [0, 0.05) is 25.2 Å². The van der Waals surface area contributed by atoms with Crippen LogP contribution in [-0.4, -0.2) is 17.9 Å². The number of carbonyl (C=O) groups excluding carboxylic acids is 1. The van der Waals surface area contributed by atoms with E-state index in [1.165, 1.54) is 0 Å². The first-order valence-corrected chi connectivity index (χ1v) is 6.31. The molecule has 0 aliphatic rings. The van der Waals surface area contributed by atoms with Gasteiger partial charge in [0.05, 0.1) is 7.11 Å². The summed E-state index contributed by atoms with van der Waals surface area (Å²) in [5.74, 6) is 1.09. The molecule has 0 unspecified atom stereocenters. The molecule has 0 radical (unpaired) electrons. The van der Waals surface area contributed by atoms with Gasteiger partial charge in [-0.15, -0.1) is 0 Å². The van der Waals surface area contributed by atoms with Crippen molar-refractivity contribution in [1.29, 1.82) is 0 Å². The first kappa shape index (κ1) is 13.3. The third-order valence-electron chi connectivity index (χ3n) is 3.00. The Hall–Kier alpha value is -2.16. The van der Waals surface area contributed by atoms with E-state index in [1.807, 2.05) is 36.4 Å². The quantitative estimate of drug-likeness (QED) is 0.796. The van der Waals surface area contributed by atoms with Crippen molar-refractivity contribution in [3.05, 3.63) is 59.9 Å². The summed E-state index contributed by atoms with van der Waals surface area (Å²) in [7, 11) is 1.65. The number of ether oxygens (including phenoxy) is 1. The smallest absolute Gasteiger partial charge is 0.137 e. The predicted octanol–water partition coefficient (Wildman–Crippen LogP) is 2.83. The van der Waals surface area contributed by atoms with Gasteiger partial charge in [-0.2, -0.15) is 0 Å². The summed E-state index contributed by atoms with van der Waals surface area (Å²) in [6.45, 7) is 0. The fourth-order valence-electron chi connectivity index (χ4n) is 1.89. The molecule has 0 N–H and O–H groups in total. The van der Waals surface area contributed by atoms with Gasteiger partial charge in [0.1, 0.15) is 11.5 Å². The number of methoxy groups -OCH3 is 1. The second-order valence-electron chi connectivity index (χ2n) is 4.42. The number of aromatic nitrogens is 1. The van der Waals surface area contributed by atoms with Gasteiger partial charge in [-0.25, -0.2) is 0 Å². The van der Waals surface area contributed by atoms with Crippen LogP contribution >= 0.6 is 0 Å². The molecule has 0 aliphatic carbocycles. The predicted molar refractivity (Wildman–Crippen MR) is 74.3 cm³/mol. The van der Waals surface area contributed by atoms with Gasteiger partial charge in [-0.1, -0.05) is 12.1 Å². The highest BCUT2D eigenvalue weighted by Crippen LogP contribution is 2.13. The molecule has 0 aliphatic heterocycles. The van der Waals surface area contributed by atoms with Crippen molar-refractivity contribution < 1.29 is 9.53 Å². The van der Waals surface area contributed by atoms with Gasteiger partial charge < -0.3 is 4.74 Å². The van der Waals surface area contributed by atoms with Crippen molar-refractivity contribution in [3.63, 3.8) is 0 Å². The first-order valence-electron chi connectivity index (χ1n) is 6.31. The van der Waals surface area contributed by atoms with Crippen LogP contribution in [0.1, 0.15) is 17.5 Å². The van der Waals surface area contributed by atoms with E-state index in [2.05, 4.69) is 4.98 Å². The number of nitrogens with zero attached hydrogens (tertiary/aromatic N) is 1. The second-order valence-corrected chi connectivity index (χ2v) is 4.42. The zero-order valence-corrected chi connectivity index (χ0v) is 11.0. The fourth-order valence-corrected chi connectivity index (χ4v) is 1.89. The maximum atomic E-state index is 11.9. The Morgan fingerprint density at radius 1 is 1.05 bits per heavy atom. The van der Waals surface area contributed by atoms with Crippen LogP contribution < -0.4 is 4.74 Å². The van der Waals surface area contributed by atoms with Crippen LogP contribution in [0.3, 0.4) is 0 Å². The van der Waals surface area contributed by atoms with Crippen molar-refractivity contribution in [2.75, 3.05) is 7.11 Å². The zero-order chi connectivity index (χ0) is 13.5. The molecular formula is C16H17NO2. The molecule has 0 amide bonds. The number of hydrogen-bond acceptors (Lipinski definition) is 3. The molecule has 0 saturated carbocycles. The van der Waals surface area contributed by atoms with Crippen LogP contribution in [0.4, 0.5) is 0 Å². The zero-order valence-electron chi connectivity index (χ0n) is 11.0. The lowest BCUT2D eigenvalue weighted by Gasteiger charge is -2.03. The molecule has 0 spiro atoms. The molecule has 1 heterocycles. The molecular weight excluding hydrogens is 238 g/mol. The molecule has 0 atom stereocenters. The number of ketones is 1. The summed E-state index contributed by atoms with van der Waals surface area (Å²) in [4.78, 5) is 15.8. The molecule has 0 fully saturated rings. The van der Waals surface area contributed by atoms with Gasteiger partial charge in [-0.05, 0) is 41.8 Å². The van der Waals surface area contributed by atoms with Crippen molar-refractivity contribution in [1.82, 2.24) is 4.98 Å². The van der Waals surface area contributed by atoms with E-state index in [9.17, 15) is 4.79 Å². The van der Waals surface area contributed by atoms with Crippen molar-refractivity contribution in [3.8, 4) is 5.75 Å². The van der Waals surface area contributed by atoms with Gasteiger partial charge in [0.2, 0.25) is 0 Å². The summed E-state index contributed by atoms with van der Waals surface area (Å²) >= 11 is 0. The first-order chi connectivity index (χ1) is 9.28. The number of aryl methyl sites for hydroxylation is 1. The van der Waals surface area contributed by atoms with E-state index >= 15 is 0 Å². The molecule has 0 saturated heterocycles. The minimum absolute atomic E-state index is 0.252. The van der Waals surface area contributed by atoms with E-state index < -0.39 is 0 Å². The Labute approximate surface area is 113 Å². The van der Waals surface area contributed by atoms with E-state index in [0.717, 1.165) is 23.3 Å². The van der Waals surface area contributed by atoms with Gasteiger partial charge in [0.15, 0.2) is 0 Å². The Balaban J connectivity index is 1.83. The number of pyridine rings is 1. The Morgan fingerprint density at radius 3 is 2.37 bits per heavy atom. The Kier molecular flexibility index (Phi) is 4.67. The van der Waals surface area contributed by atoms with E-state index in [0.29, 0.717) is 12.8 Å². The molecule has 3 heteroatoms. The highest BCUT2D eigenvalue weighted by molar-refractivity contribution is 5.81. The fraction of sp³-hybridized carbons (Fsp3) is 0.250. The normalized spacial score (nSPS) is 10.2. The number of rotatable bonds is 6. The minimum Gasteiger partial charge on any atom is -0.497 e. The van der Waals surface area contributed by atoms with Gasteiger partial charge >= 0.3 is 0 Å². The van der Waals surface area contributed by atoms with Crippen LogP contribution in [0.25, 0.3) is 0 Å². The lowest BCUT2D eigenvalue weighted by Crippen LogP contribution is -2.04. The maximum Gasteiger partial charge on any atom is 0.137 e. The number of carbonyl (C=O) groups is 1. The van der Waals surface area contributed by atoms with Crippen LogP contribution in [0.5, 0.6) is 5.75 Å². The third-order valence-corrected chi connectivity index (χ3v) is 3.00. The molecule has 1 aromatic heterocycles. The Morgan fingerprint density at radius 2 is 1.74 bits per heavy atom. The van der Waals surface area contributed by atoms with Crippen LogP contribution in [0, 0.1) is 0 Å². The highest BCUT2D eigenvalue weighted by atomic mass is 16.5. The molecule has 2 aromatic rings. The third kappa shape index (κ3) is 4.21. The summed E-state index contributed by atoms with van der Waals surface area (Å²) < 4.78 is 5.10.